The van der Waals surface area contributed by atoms with Crippen molar-refractivity contribution in [3.8, 4) is 11.3 Å². The summed E-state index contributed by atoms with van der Waals surface area (Å²) in [4.78, 5) is 4.66. The molecule has 3 N–H and O–H groups in total. The molecule has 2 heterocycles. The maximum absolute atomic E-state index is 9.44. The Morgan fingerprint density at radius 2 is 2.05 bits per heavy atom. The number of aliphatic hydroxyl groups is 1. The third kappa shape index (κ3) is 1.83. The van der Waals surface area contributed by atoms with Gasteiger partial charge in [0.15, 0.2) is 0 Å². The van der Waals surface area contributed by atoms with Crippen molar-refractivity contribution in [2.24, 2.45) is 0 Å². The zero-order chi connectivity index (χ0) is 14.4. The second-order valence-corrected chi connectivity index (χ2v) is 5.57. The van der Waals surface area contributed by atoms with Crippen LogP contribution in [0.15, 0.2) is 36.5 Å². The minimum absolute atomic E-state index is 0.0373. The van der Waals surface area contributed by atoms with Gasteiger partial charge in [0.2, 0.25) is 0 Å². The summed E-state index contributed by atoms with van der Waals surface area (Å²) in [5.74, 6) is 0.623. The number of rotatable bonds is 2. The Bertz CT molecular complexity index is 835. The van der Waals surface area contributed by atoms with Gasteiger partial charge in [-0.25, -0.2) is 4.98 Å². The fourth-order valence-corrected chi connectivity index (χ4v) is 3.20. The molecule has 0 unspecified atom stereocenters. The first kappa shape index (κ1) is 12.4. The number of fused-ring (bicyclic) bond motifs is 2. The van der Waals surface area contributed by atoms with Crippen LogP contribution in [0.25, 0.3) is 16.9 Å². The van der Waals surface area contributed by atoms with E-state index >= 15 is 0 Å². The number of pyridine rings is 1. The molecule has 0 radical (unpaired) electrons. The Labute approximate surface area is 122 Å². The van der Waals surface area contributed by atoms with E-state index in [-0.39, 0.29) is 6.61 Å². The zero-order valence-electron chi connectivity index (χ0n) is 11.7. The monoisotopic (exact) mass is 279 g/mol. The molecule has 3 aromatic rings. The van der Waals surface area contributed by atoms with Crippen LogP contribution in [-0.2, 0) is 19.4 Å². The van der Waals surface area contributed by atoms with E-state index in [0.717, 1.165) is 28.9 Å². The van der Waals surface area contributed by atoms with Gasteiger partial charge in [-0.2, -0.15) is 0 Å². The van der Waals surface area contributed by atoms with E-state index in [0.29, 0.717) is 5.82 Å². The van der Waals surface area contributed by atoms with Crippen LogP contribution in [0.4, 0.5) is 5.82 Å². The quantitative estimate of drug-likeness (QED) is 0.757. The molecule has 0 aliphatic heterocycles. The van der Waals surface area contributed by atoms with Crippen LogP contribution in [0.2, 0.25) is 0 Å². The van der Waals surface area contributed by atoms with Gasteiger partial charge in [-0.3, -0.25) is 4.40 Å². The summed E-state index contributed by atoms with van der Waals surface area (Å²) in [6.07, 6.45) is 5.42. The third-order valence-electron chi connectivity index (χ3n) is 4.31. The lowest BCUT2D eigenvalue weighted by molar-refractivity contribution is 0.282. The van der Waals surface area contributed by atoms with Crippen LogP contribution < -0.4 is 5.73 Å². The summed E-state index contributed by atoms with van der Waals surface area (Å²) in [5.41, 5.74) is 12.5. The average Bonchev–Trinajstić information content (AvgIpc) is 3.11. The molecule has 4 heteroatoms. The number of nitrogen functional groups attached to an aromatic ring is 1. The fraction of sp³-hybridized carbons (Fsp3) is 0.235. The molecule has 0 saturated heterocycles. The lowest BCUT2D eigenvalue weighted by Crippen LogP contribution is -1.96. The first-order valence-corrected chi connectivity index (χ1v) is 7.26. The zero-order valence-corrected chi connectivity index (χ0v) is 11.7. The number of aliphatic hydroxyl groups excluding tert-OH is 1. The molecule has 1 aliphatic rings. The summed E-state index contributed by atoms with van der Waals surface area (Å²) in [6.45, 7) is -0.0373. The van der Waals surface area contributed by atoms with Crippen molar-refractivity contribution in [2.45, 2.75) is 25.9 Å². The number of anilines is 1. The largest absolute Gasteiger partial charge is 0.392 e. The van der Waals surface area contributed by atoms with Gasteiger partial charge in [-0.15, -0.1) is 0 Å². The van der Waals surface area contributed by atoms with Crippen molar-refractivity contribution in [3.63, 3.8) is 0 Å². The Balaban J connectivity index is 1.92. The number of aromatic nitrogens is 2. The highest BCUT2D eigenvalue weighted by atomic mass is 16.3. The average molecular weight is 279 g/mol. The smallest absolute Gasteiger partial charge is 0.144 e. The van der Waals surface area contributed by atoms with Crippen molar-refractivity contribution in [1.29, 1.82) is 0 Å². The summed E-state index contributed by atoms with van der Waals surface area (Å²) < 4.78 is 1.84. The van der Waals surface area contributed by atoms with Gasteiger partial charge in [-0.05, 0) is 42.5 Å². The summed E-state index contributed by atoms with van der Waals surface area (Å²) in [5, 5.41) is 9.44. The van der Waals surface area contributed by atoms with Crippen LogP contribution in [0.1, 0.15) is 23.1 Å². The second kappa shape index (κ2) is 4.60. The van der Waals surface area contributed by atoms with Crippen LogP contribution in [0.3, 0.4) is 0 Å². The highest BCUT2D eigenvalue weighted by Crippen LogP contribution is 2.31. The maximum atomic E-state index is 9.44. The van der Waals surface area contributed by atoms with Gasteiger partial charge >= 0.3 is 0 Å². The van der Waals surface area contributed by atoms with E-state index in [1.165, 1.54) is 24.0 Å². The van der Waals surface area contributed by atoms with Crippen LogP contribution in [-0.4, -0.2) is 14.5 Å². The van der Waals surface area contributed by atoms with Crippen LogP contribution >= 0.6 is 0 Å². The molecule has 21 heavy (non-hydrogen) atoms. The van der Waals surface area contributed by atoms with Crippen molar-refractivity contribution >= 4 is 11.5 Å². The standard InChI is InChI=1S/C17H17N3O/c18-16-15(13-7-6-11-3-1-4-12(11)9-13)19-17-14(10-21)5-2-8-20(16)17/h2,5-9,21H,1,3-4,10,18H2. The molecule has 0 spiro atoms. The number of imidazole rings is 1. The van der Waals surface area contributed by atoms with Gasteiger partial charge in [0.1, 0.15) is 17.2 Å². The van der Waals surface area contributed by atoms with Crippen molar-refractivity contribution in [1.82, 2.24) is 9.38 Å². The molecular weight excluding hydrogens is 262 g/mol. The lowest BCUT2D eigenvalue weighted by Gasteiger charge is -2.03. The Kier molecular flexibility index (Phi) is 2.72. The number of aryl methyl sites for hydroxylation is 2. The number of benzene rings is 1. The molecular formula is C17H17N3O. The van der Waals surface area contributed by atoms with Gasteiger partial charge < -0.3 is 10.8 Å². The van der Waals surface area contributed by atoms with Gasteiger partial charge in [0.05, 0.1) is 6.61 Å². The maximum Gasteiger partial charge on any atom is 0.144 e. The van der Waals surface area contributed by atoms with Crippen molar-refractivity contribution in [3.05, 3.63) is 53.2 Å². The Morgan fingerprint density at radius 1 is 1.19 bits per heavy atom. The fourth-order valence-electron chi connectivity index (χ4n) is 3.20. The first-order valence-electron chi connectivity index (χ1n) is 7.26. The topological polar surface area (TPSA) is 63.5 Å². The number of hydrogen-bond donors (Lipinski definition) is 2. The van der Waals surface area contributed by atoms with E-state index in [1.54, 1.807) is 0 Å². The Hall–Kier alpha value is -2.33. The minimum Gasteiger partial charge on any atom is -0.392 e. The van der Waals surface area contributed by atoms with E-state index in [1.807, 2.05) is 22.7 Å². The molecule has 2 aromatic heterocycles. The van der Waals surface area contributed by atoms with Crippen LogP contribution in [0.5, 0.6) is 0 Å². The summed E-state index contributed by atoms with van der Waals surface area (Å²) in [7, 11) is 0. The molecule has 106 valence electrons. The van der Waals surface area contributed by atoms with E-state index < -0.39 is 0 Å². The molecule has 1 aromatic carbocycles. The molecule has 4 nitrogen and oxygen atoms in total. The molecule has 0 fully saturated rings. The third-order valence-corrected chi connectivity index (χ3v) is 4.31. The van der Waals surface area contributed by atoms with Crippen molar-refractivity contribution < 1.29 is 5.11 Å². The van der Waals surface area contributed by atoms with E-state index in [4.69, 9.17) is 5.73 Å². The first-order chi connectivity index (χ1) is 10.3. The van der Waals surface area contributed by atoms with E-state index in [9.17, 15) is 5.11 Å². The summed E-state index contributed by atoms with van der Waals surface area (Å²) >= 11 is 0. The summed E-state index contributed by atoms with van der Waals surface area (Å²) in [6, 6.07) is 10.2. The molecule has 0 bridgehead atoms. The normalized spacial score (nSPS) is 13.8. The SMILES string of the molecule is Nc1c(-c2ccc3c(c2)CCC3)nc2c(CO)cccn12. The van der Waals surface area contributed by atoms with Gasteiger partial charge in [-0.1, -0.05) is 18.2 Å². The molecule has 4 rings (SSSR count). The van der Waals surface area contributed by atoms with Crippen molar-refractivity contribution in [2.75, 3.05) is 5.73 Å². The second-order valence-electron chi connectivity index (χ2n) is 5.57. The van der Waals surface area contributed by atoms with Gasteiger partial charge in [0.25, 0.3) is 0 Å². The highest BCUT2D eigenvalue weighted by molar-refractivity contribution is 5.76. The van der Waals surface area contributed by atoms with Gasteiger partial charge in [0, 0.05) is 17.3 Å². The number of nitrogens with two attached hydrogens (primary N) is 1. The highest BCUT2D eigenvalue weighted by Gasteiger charge is 2.16. The predicted molar refractivity (Wildman–Crippen MR) is 83.0 cm³/mol. The van der Waals surface area contributed by atoms with Crippen LogP contribution in [0, 0.1) is 0 Å². The minimum atomic E-state index is -0.0373. The number of nitrogens with zero attached hydrogens (tertiary/aromatic N) is 2. The molecule has 1 aliphatic carbocycles. The molecule has 0 amide bonds. The Morgan fingerprint density at radius 3 is 2.90 bits per heavy atom. The van der Waals surface area contributed by atoms with E-state index in [2.05, 4.69) is 23.2 Å². The molecule has 0 atom stereocenters. The lowest BCUT2D eigenvalue weighted by atomic mass is 10.0. The number of hydrogen-bond acceptors (Lipinski definition) is 3. The predicted octanol–water partition coefficient (Wildman–Crippen LogP) is 2.56. The molecule has 0 saturated carbocycles.